The van der Waals surface area contributed by atoms with Crippen LogP contribution in [0.5, 0.6) is 0 Å². The SMILES string of the molecule is C[C@H]1CCN(C2=NC(C)(N3CCOCC3)NC(N)=C2N)C1. The molecule has 2 fully saturated rings. The highest BCUT2D eigenvalue weighted by Crippen LogP contribution is 2.25. The summed E-state index contributed by atoms with van der Waals surface area (Å²) in [6.45, 7) is 9.42. The van der Waals surface area contributed by atoms with Gasteiger partial charge in [-0.25, -0.2) is 4.99 Å². The van der Waals surface area contributed by atoms with E-state index in [9.17, 15) is 0 Å². The Labute approximate surface area is 126 Å². The zero-order valence-electron chi connectivity index (χ0n) is 12.9. The summed E-state index contributed by atoms with van der Waals surface area (Å²) in [6.07, 6.45) is 1.17. The molecular weight excluding hydrogens is 268 g/mol. The number of hydrogen-bond donors (Lipinski definition) is 3. The van der Waals surface area contributed by atoms with E-state index in [1.807, 2.05) is 0 Å². The quantitative estimate of drug-likeness (QED) is 0.599. The standard InChI is InChI=1S/C14H26N6O/c1-10-3-4-19(9-10)13-11(15)12(16)17-14(2,18-13)20-5-7-21-8-6-20/h10,17H,3-9,15-16H2,1-2H3/t10-,14?/m0/s1. The minimum absolute atomic E-state index is 0.522. The third-order valence-electron chi connectivity index (χ3n) is 4.58. The summed E-state index contributed by atoms with van der Waals surface area (Å²) in [5.41, 5.74) is 12.9. The molecule has 0 aliphatic carbocycles. The van der Waals surface area contributed by atoms with Crippen LogP contribution in [0.4, 0.5) is 0 Å². The van der Waals surface area contributed by atoms with Crippen molar-refractivity contribution in [1.29, 1.82) is 0 Å². The van der Waals surface area contributed by atoms with Crippen LogP contribution in [0.15, 0.2) is 16.5 Å². The second-order valence-electron chi connectivity index (χ2n) is 6.35. The number of ether oxygens (including phenoxy) is 1. The molecule has 3 aliphatic heterocycles. The fourth-order valence-electron chi connectivity index (χ4n) is 3.25. The number of rotatable bonds is 1. The van der Waals surface area contributed by atoms with Gasteiger partial charge in [-0.1, -0.05) is 6.92 Å². The van der Waals surface area contributed by atoms with E-state index < -0.39 is 5.79 Å². The van der Waals surface area contributed by atoms with Crippen molar-refractivity contribution in [3.8, 4) is 0 Å². The first kappa shape index (κ1) is 14.5. The molecule has 0 radical (unpaired) electrons. The van der Waals surface area contributed by atoms with Crippen LogP contribution in [0.1, 0.15) is 20.3 Å². The molecule has 118 valence electrons. The van der Waals surface area contributed by atoms with Crippen LogP contribution in [0, 0.1) is 5.92 Å². The highest BCUT2D eigenvalue weighted by molar-refractivity contribution is 5.99. The van der Waals surface area contributed by atoms with Crippen molar-refractivity contribution in [2.75, 3.05) is 39.4 Å². The predicted molar refractivity (Wildman–Crippen MR) is 82.1 cm³/mol. The Bertz CT molecular complexity index is 470. The maximum atomic E-state index is 6.17. The van der Waals surface area contributed by atoms with E-state index in [1.54, 1.807) is 0 Å². The molecule has 7 heteroatoms. The van der Waals surface area contributed by atoms with Crippen molar-refractivity contribution >= 4 is 5.84 Å². The number of nitrogens with zero attached hydrogens (tertiary/aromatic N) is 3. The van der Waals surface area contributed by atoms with Crippen molar-refractivity contribution in [2.24, 2.45) is 22.4 Å². The molecule has 1 unspecified atom stereocenters. The Morgan fingerprint density at radius 3 is 2.62 bits per heavy atom. The Balaban J connectivity index is 1.87. The highest BCUT2D eigenvalue weighted by atomic mass is 16.5. The van der Waals surface area contributed by atoms with E-state index in [2.05, 4.69) is 29.0 Å². The Kier molecular flexibility index (Phi) is 3.71. The number of likely N-dealkylation sites (tertiary alicyclic amines) is 1. The first-order valence-electron chi connectivity index (χ1n) is 7.71. The van der Waals surface area contributed by atoms with E-state index >= 15 is 0 Å². The fraction of sp³-hybridized carbons (Fsp3) is 0.786. The zero-order valence-corrected chi connectivity index (χ0v) is 12.9. The van der Waals surface area contributed by atoms with Crippen LogP contribution in [0.25, 0.3) is 0 Å². The lowest BCUT2D eigenvalue weighted by molar-refractivity contribution is -0.0237. The molecular formula is C14H26N6O. The molecule has 0 aromatic heterocycles. The van der Waals surface area contributed by atoms with Gasteiger partial charge in [0.25, 0.3) is 0 Å². The van der Waals surface area contributed by atoms with E-state index in [0.29, 0.717) is 17.4 Å². The van der Waals surface area contributed by atoms with Gasteiger partial charge in [-0.2, -0.15) is 0 Å². The van der Waals surface area contributed by atoms with Gasteiger partial charge in [0.1, 0.15) is 11.5 Å². The highest BCUT2D eigenvalue weighted by Gasteiger charge is 2.39. The smallest absolute Gasteiger partial charge is 0.188 e. The van der Waals surface area contributed by atoms with E-state index in [1.165, 1.54) is 6.42 Å². The van der Waals surface area contributed by atoms with Crippen molar-refractivity contribution < 1.29 is 4.74 Å². The number of aliphatic imine (C=N–C) groups is 1. The molecule has 0 aromatic carbocycles. The maximum Gasteiger partial charge on any atom is 0.188 e. The summed E-state index contributed by atoms with van der Waals surface area (Å²) < 4.78 is 5.43. The Morgan fingerprint density at radius 1 is 1.29 bits per heavy atom. The van der Waals surface area contributed by atoms with Crippen LogP contribution in [0.2, 0.25) is 0 Å². The Hall–Kier alpha value is -1.47. The number of amidine groups is 1. The summed E-state index contributed by atoms with van der Waals surface area (Å²) in [5, 5.41) is 3.27. The lowest BCUT2D eigenvalue weighted by atomic mass is 10.2. The molecule has 0 saturated carbocycles. The van der Waals surface area contributed by atoms with Gasteiger partial charge in [-0.05, 0) is 19.3 Å². The minimum Gasteiger partial charge on any atom is -0.393 e. The van der Waals surface area contributed by atoms with E-state index in [0.717, 1.165) is 45.2 Å². The maximum absolute atomic E-state index is 6.17. The van der Waals surface area contributed by atoms with Gasteiger partial charge in [0.05, 0.1) is 13.2 Å². The first-order valence-corrected chi connectivity index (χ1v) is 7.71. The second-order valence-corrected chi connectivity index (χ2v) is 6.35. The van der Waals surface area contributed by atoms with Gasteiger partial charge in [-0.15, -0.1) is 0 Å². The molecule has 0 amide bonds. The number of hydrogen-bond acceptors (Lipinski definition) is 7. The van der Waals surface area contributed by atoms with E-state index in [-0.39, 0.29) is 0 Å². The molecule has 7 nitrogen and oxygen atoms in total. The first-order chi connectivity index (χ1) is 9.99. The van der Waals surface area contributed by atoms with Gasteiger partial charge < -0.3 is 26.4 Å². The second kappa shape index (κ2) is 5.38. The third-order valence-corrected chi connectivity index (χ3v) is 4.58. The fourth-order valence-corrected chi connectivity index (χ4v) is 3.25. The normalized spacial score (nSPS) is 34.9. The third kappa shape index (κ3) is 2.67. The van der Waals surface area contributed by atoms with Crippen molar-refractivity contribution in [3.05, 3.63) is 11.5 Å². The lowest BCUT2D eigenvalue weighted by Gasteiger charge is -2.44. The van der Waals surface area contributed by atoms with Crippen molar-refractivity contribution in [2.45, 2.75) is 26.1 Å². The molecule has 3 heterocycles. The molecule has 21 heavy (non-hydrogen) atoms. The predicted octanol–water partition coefficient (Wildman–Crippen LogP) is -0.578. The van der Waals surface area contributed by atoms with Gasteiger partial charge in [0.15, 0.2) is 11.6 Å². The van der Waals surface area contributed by atoms with Crippen LogP contribution >= 0.6 is 0 Å². The molecule has 0 bridgehead atoms. The van der Waals surface area contributed by atoms with Crippen LogP contribution in [-0.2, 0) is 4.74 Å². The molecule has 2 atom stereocenters. The minimum atomic E-state index is -0.544. The number of nitrogens with two attached hydrogens (primary N) is 2. The molecule has 0 spiro atoms. The Morgan fingerprint density at radius 2 is 2.00 bits per heavy atom. The number of morpholine rings is 1. The van der Waals surface area contributed by atoms with Crippen LogP contribution in [0.3, 0.4) is 0 Å². The van der Waals surface area contributed by atoms with Crippen LogP contribution in [-0.4, -0.2) is 60.8 Å². The molecule has 0 aromatic rings. The van der Waals surface area contributed by atoms with Gasteiger partial charge in [0.2, 0.25) is 0 Å². The lowest BCUT2D eigenvalue weighted by Crippen LogP contribution is -2.62. The van der Waals surface area contributed by atoms with Gasteiger partial charge >= 0.3 is 0 Å². The average molecular weight is 294 g/mol. The monoisotopic (exact) mass is 294 g/mol. The molecule has 5 N–H and O–H groups in total. The van der Waals surface area contributed by atoms with Crippen molar-refractivity contribution in [3.63, 3.8) is 0 Å². The van der Waals surface area contributed by atoms with Gasteiger partial charge in [0, 0.05) is 26.2 Å². The summed E-state index contributed by atoms with van der Waals surface area (Å²) in [5.74, 6) is 1.49. The van der Waals surface area contributed by atoms with Gasteiger partial charge in [-0.3, -0.25) is 4.90 Å². The zero-order chi connectivity index (χ0) is 15.0. The largest absolute Gasteiger partial charge is 0.393 e. The molecule has 2 saturated heterocycles. The molecule has 3 rings (SSSR count). The molecule has 3 aliphatic rings. The summed E-state index contributed by atoms with van der Waals surface area (Å²) in [4.78, 5) is 9.44. The average Bonchev–Trinajstić information content (AvgIpc) is 2.90. The topological polar surface area (TPSA) is 92.1 Å². The summed E-state index contributed by atoms with van der Waals surface area (Å²) in [7, 11) is 0. The summed E-state index contributed by atoms with van der Waals surface area (Å²) >= 11 is 0. The van der Waals surface area contributed by atoms with Crippen molar-refractivity contribution in [1.82, 2.24) is 15.1 Å². The number of nitrogens with one attached hydrogen (secondary N) is 1. The van der Waals surface area contributed by atoms with E-state index in [4.69, 9.17) is 21.2 Å². The van der Waals surface area contributed by atoms with Crippen LogP contribution < -0.4 is 16.8 Å². The summed E-state index contributed by atoms with van der Waals surface area (Å²) in [6, 6.07) is 0.